The first-order valence-corrected chi connectivity index (χ1v) is 7.79. The molecule has 0 bridgehead atoms. The summed E-state index contributed by atoms with van der Waals surface area (Å²) in [6.45, 7) is 15.1. The maximum Gasteiger partial charge on any atom is 0.186 e. The number of thiazole rings is 1. The maximum atomic E-state index is 4.80. The Morgan fingerprint density at radius 1 is 1.22 bits per heavy atom. The Morgan fingerprint density at radius 2 is 1.89 bits per heavy atom. The molecule has 0 aliphatic carbocycles. The van der Waals surface area contributed by atoms with Crippen LogP contribution in [0.15, 0.2) is 0 Å². The predicted octanol–water partition coefficient (Wildman–Crippen LogP) is 3.44. The fourth-order valence-corrected chi connectivity index (χ4v) is 3.22. The van der Waals surface area contributed by atoms with Gasteiger partial charge in [0.05, 0.1) is 5.69 Å². The largest absolute Gasteiger partial charge is 0.346 e. The van der Waals surface area contributed by atoms with Gasteiger partial charge in [0.2, 0.25) is 0 Å². The second-order valence-corrected chi connectivity index (χ2v) is 6.20. The molecule has 0 spiro atoms. The zero-order chi connectivity index (χ0) is 13.7. The molecule has 1 aromatic rings. The van der Waals surface area contributed by atoms with Crippen molar-refractivity contribution in [1.29, 1.82) is 0 Å². The van der Waals surface area contributed by atoms with Crippen molar-refractivity contribution in [3.63, 3.8) is 0 Å². The van der Waals surface area contributed by atoms with Crippen molar-refractivity contribution in [2.75, 3.05) is 11.4 Å². The van der Waals surface area contributed by atoms with Gasteiger partial charge in [-0.25, -0.2) is 4.98 Å². The summed E-state index contributed by atoms with van der Waals surface area (Å²) in [4.78, 5) is 8.56. The topological polar surface area (TPSA) is 28.2 Å². The van der Waals surface area contributed by atoms with E-state index in [9.17, 15) is 0 Å². The van der Waals surface area contributed by atoms with Crippen LogP contribution in [-0.4, -0.2) is 23.6 Å². The molecule has 3 nitrogen and oxygen atoms in total. The van der Waals surface area contributed by atoms with E-state index in [0.29, 0.717) is 12.1 Å². The molecule has 0 amide bonds. The van der Waals surface area contributed by atoms with E-state index in [1.807, 2.05) is 11.3 Å². The zero-order valence-corrected chi connectivity index (χ0v) is 13.4. The average Bonchev–Trinajstić information content (AvgIpc) is 2.70. The van der Waals surface area contributed by atoms with E-state index in [1.54, 1.807) is 0 Å². The molecule has 1 rings (SSSR count). The predicted molar refractivity (Wildman–Crippen MR) is 81.6 cm³/mol. The minimum atomic E-state index is 0.511. The summed E-state index contributed by atoms with van der Waals surface area (Å²) in [5, 5.41) is 4.66. The number of nitrogens with one attached hydrogen (secondary N) is 1. The molecule has 0 unspecified atom stereocenters. The molecule has 0 fully saturated rings. The molecule has 0 aliphatic rings. The van der Waals surface area contributed by atoms with E-state index in [4.69, 9.17) is 4.98 Å². The van der Waals surface area contributed by atoms with Crippen molar-refractivity contribution in [3.8, 4) is 0 Å². The number of nitrogens with zero attached hydrogens (tertiary/aromatic N) is 2. The Labute approximate surface area is 116 Å². The third kappa shape index (κ3) is 3.95. The summed E-state index contributed by atoms with van der Waals surface area (Å²) in [5.74, 6) is 0. The highest BCUT2D eigenvalue weighted by atomic mass is 32.1. The van der Waals surface area contributed by atoms with Gasteiger partial charge in [-0.2, -0.15) is 0 Å². The van der Waals surface area contributed by atoms with Crippen LogP contribution in [0.5, 0.6) is 0 Å². The highest BCUT2D eigenvalue weighted by molar-refractivity contribution is 7.15. The number of aryl methyl sites for hydroxylation is 1. The van der Waals surface area contributed by atoms with Crippen LogP contribution in [0.2, 0.25) is 0 Å². The molecule has 0 aromatic carbocycles. The summed E-state index contributed by atoms with van der Waals surface area (Å²) < 4.78 is 0. The van der Waals surface area contributed by atoms with Crippen molar-refractivity contribution in [2.45, 2.75) is 66.6 Å². The van der Waals surface area contributed by atoms with Gasteiger partial charge in [-0.05, 0) is 27.2 Å². The fourth-order valence-electron chi connectivity index (χ4n) is 1.93. The van der Waals surface area contributed by atoms with Gasteiger partial charge in [0, 0.05) is 30.1 Å². The number of anilines is 1. The van der Waals surface area contributed by atoms with Gasteiger partial charge in [-0.1, -0.05) is 20.8 Å². The van der Waals surface area contributed by atoms with Crippen LogP contribution in [0, 0.1) is 0 Å². The number of aromatic nitrogens is 1. The molecule has 1 N–H and O–H groups in total. The molecule has 0 aliphatic heterocycles. The molecule has 0 atom stereocenters. The quantitative estimate of drug-likeness (QED) is 0.822. The van der Waals surface area contributed by atoms with Crippen LogP contribution in [-0.2, 0) is 13.0 Å². The Hall–Kier alpha value is -0.610. The van der Waals surface area contributed by atoms with Crippen LogP contribution in [0.25, 0.3) is 0 Å². The average molecular weight is 269 g/mol. The monoisotopic (exact) mass is 269 g/mol. The van der Waals surface area contributed by atoms with Crippen molar-refractivity contribution < 1.29 is 0 Å². The molecule has 104 valence electrons. The van der Waals surface area contributed by atoms with Crippen molar-refractivity contribution >= 4 is 16.5 Å². The van der Waals surface area contributed by atoms with Gasteiger partial charge in [0.25, 0.3) is 0 Å². The smallest absolute Gasteiger partial charge is 0.186 e. The zero-order valence-electron chi connectivity index (χ0n) is 12.6. The van der Waals surface area contributed by atoms with E-state index in [1.165, 1.54) is 15.7 Å². The van der Waals surface area contributed by atoms with E-state index in [-0.39, 0.29) is 0 Å². The summed E-state index contributed by atoms with van der Waals surface area (Å²) in [6.07, 6.45) is 1.02. The van der Waals surface area contributed by atoms with Crippen LogP contribution in [0.4, 0.5) is 5.13 Å². The summed E-state index contributed by atoms with van der Waals surface area (Å²) in [5.41, 5.74) is 1.25. The molecule has 0 radical (unpaired) electrons. The Bertz CT molecular complexity index is 358. The van der Waals surface area contributed by atoms with Crippen molar-refractivity contribution in [1.82, 2.24) is 10.3 Å². The lowest BCUT2D eigenvalue weighted by molar-refractivity contribution is 0.590. The lowest BCUT2D eigenvalue weighted by Gasteiger charge is -2.24. The summed E-state index contributed by atoms with van der Waals surface area (Å²) >= 11 is 1.84. The number of rotatable bonds is 7. The lowest BCUT2D eigenvalue weighted by atomic mass is 10.3. The third-order valence-electron chi connectivity index (χ3n) is 2.98. The van der Waals surface area contributed by atoms with Crippen LogP contribution >= 0.6 is 11.3 Å². The molecule has 1 aromatic heterocycles. The molecule has 18 heavy (non-hydrogen) atoms. The van der Waals surface area contributed by atoms with E-state index in [2.05, 4.69) is 51.8 Å². The Kier molecular flexibility index (Phi) is 6.09. The first-order chi connectivity index (χ1) is 8.49. The molecular weight excluding hydrogens is 242 g/mol. The van der Waals surface area contributed by atoms with Gasteiger partial charge in [0.15, 0.2) is 5.13 Å². The Morgan fingerprint density at radius 3 is 2.33 bits per heavy atom. The number of hydrogen-bond donors (Lipinski definition) is 1. The van der Waals surface area contributed by atoms with Gasteiger partial charge in [0.1, 0.15) is 0 Å². The van der Waals surface area contributed by atoms with Crippen LogP contribution < -0.4 is 10.2 Å². The highest BCUT2D eigenvalue weighted by Gasteiger charge is 2.16. The van der Waals surface area contributed by atoms with E-state index >= 15 is 0 Å². The summed E-state index contributed by atoms with van der Waals surface area (Å²) in [7, 11) is 0. The molecule has 0 saturated carbocycles. The maximum absolute atomic E-state index is 4.80. The SMILES string of the molecule is CCc1nc(N(CC)C(C)C)sc1CNC(C)C. The van der Waals surface area contributed by atoms with Crippen molar-refractivity contribution in [3.05, 3.63) is 10.6 Å². The van der Waals surface area contributed by atoms with Gasteiger partial charge in [-0.15, -0.1) is 11.3 Å². The molecule has 4 heteroatoms. The van der Waals surface area contributed by atoms with Gasteiger partial charge in [-0.3, -0.25) is 0 Å². The van der Waals surface area contributed by atoms with E-state index in [0.717, 1.165) is 19.5 Å². The molecule has 1 heterocycles. The standard InChI is InChI=1S/C14H27N3S/c1-7-12-13(9-15-10(3)4)18-14(16-12)17(8-2)11(5)6/h10-11,15H,7-9H2,1-6H3. The van der Waals surface area contributed by atoms with E-state index < -0.39 is 0 Å². The normalized spacial score (nSPS) is 11.6. The fraction of sp³-hybridized carbons (Fsp3) is 0.786. The lowest BCUT2D eigenvalue weighted by Crippen LogP contribution is -2.30. The minimum absolute atomic E-state index is 0.511. The first kappa shape index (κ1) is 15.4. The number of hydrogen-bond acceptors (Lipinski definition) is 4. The third-order valence-corrected chi connectivity index (χ3v) is 4.12. The van der Waals surface area contributed by atoms with Crippen LogP contribution in [0.1, 0.15) is 52.1 Å². The minimum Gasteiger partial charge on any atom is -0.346 e. The van der Waals surface area contributed by atoms with Gasteiger partial charge >= 0.3 is 0 Å². The second-order valence-electron chi connectivity index (χ2n) is 5.14. The first-order valence-electron chi connectivity index (χ1n) is 6.98. The molecule has 0 saturated heterocycles. The van der Waals surface area contributed by atoms with Crippen LogP contribution in [0.3, 0.4) is 0 Å². The molecular formula is C14H27N3S. The van der Waals surface area contributed by atoms with Gasteiger partial charge < -0.3 is 10.2 Å². The van der Waals surface area contributed by atoms with Crippen molar-refractivity contribution in [2.24, 2.45) is 0 Å². The second kappa shape index (κ2) is 7.10. The highest BCUT2D eigenvalue weighted by Crippen LogP contribution is 2.28. The Balaban J connectivity index is 2.88. The summed E-state index contributed by atoms with van der Waals surface area (Å²) in [6, 6.07) is 1.03.